The van der Waals surface area contributed by atoms with Gasteiger partial charge >= 0.3 is 0 Å². The lowest BCUT2D eigenvalue weighted by Gasteiger charge is -2.09. The predicted octanol–water partition coefficient (Wildman–Crippen LogP) is 2.55. The van der Waals surface area contributed by atoms with Crippen LogP contribution in [0.4, 0.5) is 0 Å². The number of benzene rings is 2. The highest BCUT2D eigenvalue weighted by Crippen LogP contribution is 2.18. The number of nitrogens with zero attached hydrogens (tertiary/aromatic N) is 4. The molecule has 3 aromatic rings. The Labute approximate surface area is 145 Å². The molecule has 0 spiro atoms. The molecule has 0 aliphatic carbocycles. The van der Waals surface area contributed by atoms with Crippen LogP contribution in [-0.4, -0.2) is 39.6 Å². The largest absolute Gasteiger partial charge is 0.496 e. The predicted molar refractivity (Wildman–Crippen MR) is 94.6 cm³/mol. The summed E-state index contributed by atoms with van der Waals surface area (Å²) in [6, 6.07) is 17.9. The van der Waals surface area contributed by atoms with Crippen molar-refractivity contribution in [2.75, 3.05) is 19.4 Å². The zero-order valence-electron chi connectivity index (χ0n) is 13.4. The van der Waals surface area contributed by atoms with Gasteiger partial charge in [0.2, 0.25) is 5.16 Å². The molecule has 0 atom stereocenters. The van der Waals surface area contributed by atoms with Gasteiger partial charge in [0.15, 0.2) is 0 Å². The molecule has 0 saturated heterocycles. The van der Waals surface area contributed by atoms with Crippen molar-refractivity contribution in [1.82, 2.24) is 25.5 Å². The van der Waals surface area contributed by atoms with Crippen LogP contribution in [0.15, 0.2) is 59.8 Å². The first-order chi connectivity index (χ1) is 11.9. The lowest BCUT2D eigenvalue weighted by Crippen LogP contribution is -2.17. The second kappa shape index (κ2) is 8.47. The van der Waals surface area contributed by atoms with Crippen LogP contribution in [0, 0.1) is 0 Å². The van der Waals surface area contributed by atoms with Gasteiger partial charge in [-0.25, -0.2) is 0 Å². The summed E-state index contributed by atoms with van der Waals surface area (Å²) in [4.78, 5) is 0. The van der Waals surface area contributed by atoms with E-state index in [1.54, 1.807) is 23.6 Å². The van der Waals surface area contributed by atoms with Gasteiger partial charge in [-0.05, 0) is 28.6 Å². The fourth-order valence-corrected chi connectivity index (χ4v) is 3.07. The van der Waals surface area contributed by atoms with Crippen LogP contribution in [0.5, 0.6) is 5.75 Å². The highest BCUT2D eigenvalue weighted by molar-refractivity contribution is 7.99. The quantitative estimate of drug-likeness (QED) is 0.502. The van der Waals surface area contributed by atoms with Crippen molar-refractivity contribution in [2.45, 2.75) is 11.7 Å². The molecule has 124 valence electrons. The van der Waals surface area contributed by atoms with Crippen molar-refractivity contribution in [2.24, 2.45) is 0 Å². The molecule has 1 heterocycles. The zero-order valence-corrected chi connectivity index (χ0v) is 14.2. The molecular formula is C17H19N5OS. The smallest absolute Gasteiger partial charge is 0.214 e. The number of rotatable bonds is 8. The number of para-hydroxylation sites is 2. The van der Waals surface area contributed by atoms with E-state index in [4.69, 9.17) is 4.74 Å². The summed E-state index contributed by atoms with van der Waals surface area (Å²) in [6.07, 6.45) is 0. The summed E-state index contributed by atoms with van der Waals surface area (Å²) in [6.45, 7) is 1.62. The van der Waals surface area contributed by atoms with Gasteiger partial charge < -0.3 is 10.1 Å². The van der Waals surface area contributed by atoms with Crippen molar-refractivity contribution in [3.63, 3.8) is 0 Å². The average molecular weight is 341 g/mol. The standard InChI is InChI=1S/C17H19N5OS/c1-23-16-10-6-5-7-14(16)13-18-11-12-24-17-19-20-21-22(17)15-8-3-2-4-9-15/h2-10,18H,11-13H2,1H3. The number of nitrogens with one attached hydrogen (secondary N) is 1. The number of hydrogen-bond donors (Lipinski definition) is 1. The van der Waals surface area contributed by atoms with Crippen LogP contribution < -0.4 is 10.1 Å². The summed E-state index contributed by atoms with van der Waals surface area (Å²) in [5.74, 6) is 1.79. The van der Waals surface area contributed by atoms with Gasteiger partial charge in [-0.3, -0.25) is 0 Å². The first kappa shape index (κ1) is 16.5. The van der Waals surface area contributed by atoms with Crippen molar-refractivity contribution >= 4 is 11.8 Å². The van der Waals surface area contributed by atoms with Crippen LogP contribution in [0.25, 0.3) is 5.69 Å². The molecule has 0 fully saturated rings. The van der Waals surface area contributed by atoms with E-state index in [1.807, 2.05) is 48.5 Å². The van der Waals surface area contributed by atoms with Gasteiger partial charge in [-0.15, -0.1) is 5.10 Å². The highest BCUT2D eigenvalue weighted by Gasteiger charge is 2.08. The van der Waals surface area contributed by atoms with Crippen molar-refractivity contribution in [3.05, 3.63) is 60.2 Å². The Morgan fingerprint density at radius 1 is 1.08 bits per heavy atom. The fourth-order valence-electron chi connectivity index (χ4n) is 2.29. The number of hydrogen-bond acceptors (Lipinski definition) is 6. The lowest BCUT2D eigenvalue weighted by molar-refractivity contribution is 0.408. The summed E-state index contributed by atoms with van der Waals surface area (Å²) in [5, 5.41) is 16.1. The Hall–Kier alpha value is -2.38. The van der Waals surface area contributed by atoms with Gasteiger partial charge in [0.25, 0.3) is 0 Å². The van der Waals surface area contributed by atoms with E-state index in [0.29, 0.717) is 0 Å². The Kier molecular flexibility index (Phi) is 5.81. The second-order valence-electron chi connectivity index (χ2n) is 5.05. The fraction of sp³-hybridized carbons (Fsp3) is 0.235. The van der Waals surface area contributed by atoms with E-state index in [2.05, 4.69) is 26.9 Å². The number of aromatic nitrogens is 4. The summed E-state index contributed by atoms with van der Waals surface area (Å²) < 4.78 is 7.11. The minimum Gasteiger partial charge on any atom is -0.496 e. The maximum atomic E-state index is 5.35. The van der Waals surface area contributed by atoms with Gasteiger partial charge in [-0.1, -0.05) is 48.2 Å². The van der Waals surface area contributed by atoms with Crippen molar-refractivity contribution in [3.8, 4) is 11.4 Å². The molecule has 1 N–H and O–H groups in total. The van der Waals surface area contributed by atoms with Crippen LogP contribution in [0.2, 0.25) is 0 Å². The first-order valence-corrected chi connectivity index (χ1v) is 8.66. The molecular weight excluding hydrogens is 322 g/mol. The maximum absolute atomic E-state index is 5.35. The SMILES string of the molecule is COc1ccccc1CNCCSc1nnnn1-c1ccccc1. The van der Waals surface area contributed by atoms with Crippen LogP contribution >= 0.6 is 11.8 Å². The zero-order chi connectivity index (χ0) is 16.6. The van der Waals surface area contributed by atoms with E-state index in [1.165, 1.54) is 0 Å². The van der Waals surface area contributed by atoms with E-state index in [9.17, 15) is 0 Å². The van der Waals surface area contributed by atoms with E-state index in [0.717, 1.165) is 41.0 Å². The molecule has 3 rings (SSSR count). The number of tetrazole rings is 1. The molecule has 2 aromatic carbocycles. The molecule has 0 radical (unpaired) electrons. The normalized spacial score (nSPS) is 10.7. The summed E-state index contributed by atoms with van der Waals surface area (Å²) >= 11 is 1.63. The molecule has 24 heavy (non-hydrogen) atoms. The van der Waals surface area contributed by atoms with Gasteiger partial charge in [0, 0.05) is 24.4 Å². The first-order valence-electron chi connectivity index (χ1n) is 7.67. The third kappa shape index (κ3) is 4.12. The number of ether oxygens (including phenoxy) is 1. The third-order valence-corrected chi connectivity index (χ3v) is 4.38. The Balaban J connectivity index is 1.49. The van der Waals surface area contributed by atoms with Crippen LogP contribution in [0.3, 0.4) is 0 Å². The topological polar surface area (TPSA) is 64.9 Å². The van der Waals surface area contributed by atoms with Crippen LogP contribution in [-0.2, 0) is 6.54 Å². The summed E-state index contributed by atoms with van der Waals surface area (Å²) in [7, 11) is 1.69. The Morgan fingerprint density at radius 2 is 1.88 bits per heavy atom. The monoisotopic (exact) mass is 341 g/mol. The molecule has 0 aliphatic heterocycles. The summed E-state index contributed by atoms with van der Waals surface area (Å²) in [5.41, 5.74) is 2.12. The minimum absolute atomic E-state index is 0.772. The molecule has 6 nitrogen and oxygen atoms in total. The van der Waals surface area contributed by atoms with Gasteiger partial charge in [-0.2, -0.15) is 4.68 Å². The van der Waals surface area contributed by atoms with Crippen LogP contribution in [0.1, 0.15) is 5.56 Å². The third-order valence-electron chi connectivity index (χ3n) is 3.46. The maximum Gasteiger partial charge on any atom is 0.214 e. The molecule has 0 unspecified atom stereocenters. The molecule has 1 aromatic heterocycles. The highest BCUT2D eigenvalue weighted by atomic mass is 32.2. The Morgan fingerprint density at radius 3 is 2.71 bits per heavy atom. The van der Waals surface area contributed by atoms with Gasteiger partial charge in [0.1, 0.15) is 5.75 Å². The second-order valence-corrected chi connectivity index (χ2v) is 6.11. The average Bonchev–Trinajstić information content (AvgIpc) is 3.11. The van der Waals surface area contributed by atoms with E-state index < -0.39 is 0 Å². The lowest BCUT2D eigenvalue weighted by atomic mass is 10.2. The molecule has 0 aliphatic rings. The van der Waals surface area contributed by atoms with Crippen molar-refractivity contribution < 1.29 is 4.74 Å². The van der Waals surface area contributed by atoms with Crippen molar-refractivity contribution in [1.29, 1.82) is 0 Å². The minimum atomic E-state index is 0.772. The van der Waals surface area contributed by atoms with E-state index >= 15 is 0 Å². The van der Waals surface area contributed by atoms with E-state index in [-0.39, 0.29) is 0 Å². The molecule has 0 amide bonds. The van der Waals surface area contributed by atoms with Gasteiger partial charge in [0.05, 0.1) is 12.8 Å². The number of methoxy groups -OCH3 is 1. The number of thioether (sulfide) groups is 1. The molecule has 0 saturated carbocycles. The molecule has 7 heteroatoms. The Bertz CT molecular complexity index is 762. The molecule has 0 bridgehead atoms.